The Morgan fingerprint density at radius 2 is 1.89 bits per heavy atom. The molecule has 19 heavy (non-hydrogen) atoms. The van der Waals surface area contributed by atoms with E-state index in [0.29, 0.717) is 6.42 Å². The van der Waals surface area contributed by atoms with E-state index in [4.69, 9.17) is 14.6 Å². The van der Waals surface area contributed by atoms with Gasteiger partial charge in [-0.25, -0.2) is 0 Å². The second-order valence-corrected chi connectivity index (χ2v) is 4.83. The van der Waals surface area contributed by atoms with Crippen LogP contribution < -0.4 is 0 Å². The van der Waals surface area contributed by atoms with E-state index in [-0.39, 0.29) is 6.42 Å². The highest BCUT2D eigenvalue weighted by molar-refractivity contribution is 5.67. The van der Waals surface area contributed by atoms with Crippen molar-refractivity contribution >= 4 is 5.97 Å². The molecule has 0 radical (unpaired) electrons. The van der Waals surface area contributed by atoms with Crippen LogP contribution in [0.2, 0.25) is 0 Å². The fraction of sp³-hybridized carbons (Fsp3) is 0.917. The van der Waals surface area contributed by atoms with Crippen LogP contribution in [0.1, 0.15) is 33.1 Å². The Balaban J connectivity index is 2.64. The number of carboxylic acids is 1. The van der Waals surface area contributed by atoms with E-state index in [0.717, 1.165) is 6.42 Å². The van der Waals surface area contributed by atoms with Crippen molar-refractivity contribution in [3.63, 3.8) is 0 Å². The van der Waals surface area contributed by atoms with Crippen LogP contribution in [0.15, 0.2) is 0 Å². The number of rotatable bonds is 6. The Labute approximate surface area is 111 Å². The predicted molar refractivity (Wildman–Crippen MR) is 64.4 cm³/mol. The summed E-state index contributed by atoms with van der Waals surface area (Å²) < 4.78 is 10.7. The molecule has 1 heterocycles. The topological polar surface area (TPSA) is 116 Å². The molecule has 3 unspecified atom stereocenters. The van der Waals surface area contributed by atoms with E-state index in [9.17, 15) is 20.1 Å². The van der Waals surface area contributed by atoms with Gasteiger partial charge in [0.05, 0.1) is 18.6 Å². The molecule has 0 bridgehead atoms. The van der Waals surface area contributed by atoms with Crippen molar-refractivity contribution in [3.05, 3.63) is 0 Å². The first-order valence-corrected chi connectivity index (χ1v) is 6.43. The van der Waals surface area contributed by atoms with Crippen LogP contribution in [0.5, 0.6) is 0 Å². The lowest BCUT2D eigenvalue weighted by atomic mass is 10.00. The van der Waals surface area contributed by atoms with Crippen LogP contribution >= 0.6 is 0 Å². The molecular weight excluding hydrogens is 256 g/mol. The molecule has 0 saturated carbocycles. The highest BCUT2D eigenvalue weighted by Crippen LogP contribution is 2.24. The summed E-state index contributed by atoms with van der Waals surface area (Å²) in [6.07, 6.45) is -5.38. The highest BCUT2D eigenvalue weighted by Gasteiger charge is 2.43. The molecule has 1 rings (SSSR count). The van der Waals surface area contributed by atoms with Crippen LogP contribution in [0.4, 0.5) is 0 Å². The number of aliphatic hydroxyl groups is 3. The SMILES string of the molecule is CCCC(CC(=O)O)O[C@@H]1OC(C)[C@H](O)C(O)[C@@H]1O. The largest absolute Gasteiger partial charge is 0.481 e. The van der Waals surface area contributed by atoms with E-state index in [2.05, 4.69) is 0 Å². The van der Waals surface area contributed by atoms with Crippen LogP contribution in [0, 0.1) is 0 Å². The average Bonchev–Trinajstić information content (AvgIpc) is 2.33. The number of hydrogen-bond donors (Lipinski definition) is 4. The van der Waals surface area contributed by atoms with Gasteiger partial charge < -0.3 is 29.9 Å². The summed E-state index contributed by atoms with van der Waals surface area (Å²) in [5.41, 5.74) is 0. The predicted octanol–water partition coefficient (Wildman–Crippen LogP) is -0.526. The quantitative estimate of drug-likeness (QED) is 0.516. The van der Waals surface area contributed by atoms with Gasteiger partial charge in [-0.3, -0.25) is 4.79 Å². The Morgan fingerprint density at radius 3 is 2.42 bits per heavy atom. The number of aliphatic hydroxyl groups excluding tert-OH is 3. The second-order valence-electron chi connectivity index (χ2n) is 4.83. The molecule has 7 heteroatoms. The molecule has 0 amide bonds. The zero-order valence-corrected chi connectivity index (χ0v) is 11.1. The molecule has 1 fully saturated rings. The van der Waals surface area contributed by atoms with Gasteiger partial charge in [0.15, 0.2) is 6.29 Å². The third kappa shape index (κ3) is 4.39. The molecule has 4 N–H and O–H groups in total. The second kappa shape index (κ2) is 7.16. The number of hydrogen-bond acceptors (Lipinski definition) is 6. The van der Waals surface area contributed by atoms with Crippen molar-refractivity contribution in [1.29, 1.82) is 0 Å². The molecule has 7 nitrogen and oxygen atoms in total. The lowest BCUT2D eigenvalue weighted by Gasteiger charge is -2.40. The molecule has 1 saturated heterocycles. The molecule has 1 aliphatic rings. The molecule has 112 valence electrons. The minimum absolute atomic E-state index is 0.201. The van der Waals surface area contributed by atoms with Crippen molar-refractivity contribution in [2.75, 3.05) is 0 Å². The molecule has 0 aromatic rings. The van der Waals surface area contributed by atoms with Gasteiger partial charge in [-0.2, -0.15) is 0 Å². The lowest BCUT2D eigenvalue weighted by molar-refractivity contribution is -0.304. The number of carboxylic acid groups (broad SMARTS) is 1. The highest BCUT2D eigenvalue weighted by atomic mass is 16.7. The van der Waals surface area contributed by atoms with Crippen molar-refractivity contribution in [1.82, 2.24) is 0 Å². The van der Waals surface area contributed by atoms with Gasteiger partial charge in [0.25, 0.3) is 0 Å². The maximum atomic E-state index is 10.7. The summed E-state index contributed by atoms with van der Waals surface area (Å²) in [6, 6.07) is 0. The number of ether oxygens (including phenoxy) is 2. The monoisotopic (exact) mass is 278 g/mol. The minimum Gasteiger partial charge on any atom is -0.481 e. The van der Waals surface area contributed by atoms with Gasteiger partial charge in [0.2, 0.25) is 0 Å². The van der Waals surface area contributed by atoms with E-state index in [1.54, 1.807) is 6.92 Å². The molecule has 6 atom stereocenters. The summed E-state index contributed by atoms with van der Waals surface area (Å²) in [5.74, 6) is -1.00. The van der Waals surface area contributed by atoms with Crippen molar-refractivity contribution in [3.8, 4) is 0 Å². The first-order chi connectivity index (χ1) is 8.86. The maximum Gasteiger partial charge on any atom is 0.305 e. The molecular formula is C12H22O7. The van der Waals surface area contributed by atoms with E-state index < -0.39 is 42.8 Å². The van der Waals surface area contributed by atoms with Crippen LogP contribution in [0.25, 0.3) is 0 Å². The molecule has 0 aliphatic carbocycles. The average molecular weight is 278 g/mol. The van der Waals surface area contributed by atoms with Crippen LogP contribution in [-0.2, 0) is 14.3 Å². The third-order valence-electron chi connectivity index (χ3n) is 3.15. The zero-order valence-electron chi connectivity index (χ0n) is 11.1. The molecule has 0 aromatic carbocycles. The first kappa shape index (κ1) is 16.3. The number of carbonyl (C=O) groups is 1. The van der Waals surface area contributed by atoms with Gasteiger partial charge >= 0.3 is 5.97 Å². The number of aliphatic carboxylic acids is 1. The van der Waals surface area contributed by atoms with Gasteiger partial charge in [0.1, 0.15) is 18.3 Å². The summed E-state index contributed by atoms with van der Waals surface area (Å²) in [7, 11) is 0. The minimum atomic E-state index is -1.40. The van der Waals surface area contributed by atoms with Crippen molar-refractivity contribution < 1.29 is 34.7 Å². The van der Waals surface area contributed by atoms with Gasteiger partial charge in [-0.1, -0.05) is 13.3 Å². The van der Waals surface area contributed by atoms with Crippen molar-refractivity contribution in [2.24, 2.45) is 0 Å². The van der Waals surface area contributed by atoms with E-state index in [1.807, 2.05) is 6.92 Å². The van der Waals surface area contributed by atoms with Gasteiger partial charge in [0, 0.05) is 0 Å². The summed E-state index contributed by atoms with van der Waals surface area (Å²) in [4.78, 5) is 10.7. The Bertz CT molecular complexity index is 296. The third-order valence-corrected chi connectivity index (χ3v) is 3.15. The summed E-state index contributed by atoms with van der Waals surface area (Å²) >= 11 is 0. The fourth-order valence-corrected chi connectivity index (χ4v) is 2.05. The first-order valence-electron chi connectivity index (χ1n) is 6.43. The Hall–Kier alpha value is -0.730. The van der Waals surface area contributed by atoms with Gasteiger partial charge in [-0.15, -0.1) is 0 Å². The maximum absolute atomic E-state index is 10.7. The molecule has 1 aliphatic heterocycles. The Kier molecular flexibility index (Phi) is 6.15. The van der Waals surface area contributed by atoms with E-state index >= 15 is 0 Å². The fourth-order valence-electron chi connectivity index (χ4n) is 2.05. The lowest BCUT2D eigenvalue weighted by Crippen LogP contribution is -2.58. The van der Waals surface area contributed by atoms with E-state index in [1.165, 1.54) is 0 Å². The zero-order chi connectivity index (χ0) is 14.6. The van der Waals surface area contributed by atoms with Crippen LogP contribution in [-0.4, -0.2) is 63.2 Å². The normalized spacial score (nSPS) is 37.0. The standard InChI is InChI=1S/C12H22O7/c1-3-4-7(5-8(13)14)19-12-11(17)10(16)9(15)6(2)18-12/h6-7,9-12,15-17H,3-5H2,1-2H3,(H,13,14)/t6?,7?,9-,10?,11-,12-/m0/s1. The Morgan fingerprint density at radius 1 is 1.26 bits per heavy atom. The molecule has 0 aromatic heterocycles. The summed E-state index contributed by atoms with van der Waals surface area (Å²) in [5, 5.41) is 37.7. The summed E-state index contributed by atoms with van der Waals surface area (Å²) in [6.45, 7) is 3.43. The van der Waals surface area contributed by atoms with Gasteiger partial charge in [-0.05, 0) is 13.3 Å². The molecule has 0 spiro atoms. The smallest absolute Gasteiger partial charge is 0.305 e. The van der Waals surface area contributed by atoms with Crippen LogP contribution in [0.3, 0.4) is 0 Å². The van der Waals surface area contributed by atoms with Crippen molar-refractivity contribution in [2.45, 2.75) is 69.9 Å².